The van der Waals surface area contributed by atoms with E-state index in [2.05, 4.69) is 15.4 Å². The molecule has 32 heavy (non-hydrogen) atoms. The molecule has 164 valence electrons. The summed E-state index contributed by atoms with van der Waals surface area (Å²) < 4.78 is 40.0. The standard InChI is InChI=1S/C22H17F3N4O3/c23-22(24,25)15-8-4-7-14(9-15)10-26-20(31)17-18(30)16-11-27-29(19(16)28-21(17)32)12-13-5-2-1-3-6-13/h1-9,11H,10,12H2,(H,26,31)(H2,28,30,32). The number of hydrogen-bond donors (Lipinski definition) is 3. The molecule has 0 saturated heterocycles. The Bertz CT molecular complexity index is 1340. The molecule has 4 aromatic rings. The van der Waals surface area contributed by atoms with Crippen LogP contribution in [-0.4, -0.2) is 25.8 Å². The number of alkyl halides is 3. The molecule has 0 atom stereocenters. The summed E-state index contributed by atoms with van der Waals surface area (Å²) in [5, 5.41) is 17.3. The molecule has 0 aliphatic rings. The number of hydrogen-bond acceptors (Lipinski definition) is 4. The summed E-state index contributed by atoms with van der Waals surface area (Å²) in [6, 6.07) is 13.8. The minimum Gasteiger partial charge on any atom is -0.506 e. The van der Waals surface area contributed by atoms with Crippen LogP contribution in [0.25, 0.3) is 11.0 Å². The molecule has 0 radical (unpaired) electrons. The van der Waals surface area contributed by atoms with Crippen molar-refractivity contribution < 1.29 is 23.1 Å². The summed E-state index contributed by atoms with van der Waals surface area (Å²) in [5.74, 6) is -1.47. The van der Waals surface area contributed by atoms with Crippen LogP contribution in [0.3, 0.4) is 0 Å². The molecule has 3 N–H and O–H groups in total. The number of nitrogens with zero attached hydrogens (tertiary/aromatic N) is 2. The topological polar surface area (TPSA) is 100 Å². The van der Waals surface area contributed by atoms with Crippen molar-refractivity contribution in [3.63, 3.8) is 0 Å². The zero-order valence-corrected chi connectivity index (χ0v) is 16.5. The van der Waals surface area contributed by atoms with Gasteiger partial charge in [-0.15, -0.1) is 0 Å². The molecule has 1 amide bonds. The summed E-state index contributed by atoms with van der Waals surface area (Å²) in [4.78, 5) is 27.6. The molecule has 0 saturated carbocycles. The Labute approximate surface area is 179 Å². The normalized spacial score (nSPS) is 11.6. The molecular formula is C22H17F3N4O3. The van der Waals surface area contributed by atoms with Gasteiger partial charge in [-0.1, -0.05) is 42.5 Å². The molecule has 4 rings (SSSR count). The molecule has 10 heteroatoms. The molecule has 0 bridgehead atoms. The number of H-pyrrole nitrogens is 1. The van der Waals surface area contributed by atoms with E-state index in [0.29, 0.717) is 6.54 Å². The van der Waals surface area contributed by atoms with Gasteiger partial charge in [0.2, 0.25) is 0 Å². The van der Waals surface area contributed by atoms with Crippen molar-refractivity contribution in [3.05, 3.63) is 93.4 Å². The lowest BCUT2D eigenvalue weighted by molar-refractivity contribution is -0.137. The number of fused-ring (bicyclic) bond motifs is 1. The Hall–Kier alpha value is -4.08. The lowest BCUT2D eigenvalue weighted by Gasteiger charge is -2.10. The van der Waals surface area contributed by atoms with E-state index in [4.69, 9.17) is 0 Å². The van der Waals surface area contributed by atoms with Crippen molar-refractivity contribution in [1.29, 1.82) is 0 Å². The number of pyridine rings is 1. The molecule has 2 aromatic heterocycles. The predicted molar refractivity (Wildman–Crippen MR) is 110 cm³/mol. The highest BCUT2D eigenvalue weighted by atomic mass is 19.4. The van der Waals surface area contributed by atoms with E-state index < -0.39 is 34.5 Å². The van der Waals surface area contributed by atoms with E-state index >= 15 is 0 Å². The van der Waals surface area contributed by atoms with Gasteiger partial charge < -0.3 is 15.4 Å². The van der Waals surface area contributed by atoms with Crippen LogP contribution in [0.1, 0.15) is 27.0 Å². The minimum absolute atomic E-state index is 0.171. The number of nitrogens with one attached hydrogen (secondary N) is 2. The van der Waals surface area contributed by atoms with Crippen molar-refractivity contribution in [2.75, 3.05) is 0 Å². The third-order valence-corrected chi connectivity index (χ3v) is 4.90. The van der Waals surface area contributed by atoms with Crippen molar-refractivity contribution in [2.45, 2.75) is 19.3 Å². The number of amides is 1. The molecule has 0 aliphatic carbocycles. The van der Waals surface area contributed by atoms with E-state index in [1.807, 2.05) is 30.3 Å². The Balaban J connectivity index is 1.58. The first-order valence-electron chi connectivity index (χ1n) is 9.53. The Morgan fingerprint density at radius 2 is 1.81 bits per heavy atom. The van der Waals surface area contributed by atoms with Crippen LogP contribution < -0.4 is 10.9 Å². The van der Waals surface area contributed by atoms with Crippen LogP contribution in [0.15, 0.2) is 65.6 Å². The average molecular weight is 442 g/mol. The van der Waals surface area contributed by atoms with Gasteiger partial charge in [0, 0.05) is 6.54 Å². The van der Waals surface area contributed by atoms with Gasteiger partial charge in [0.05, 0.1) is 23.7 Å². The minimum atomic E-state index is -4.51. The maximum Gasteiger partial charge on any atom is 0.416 e. The monoisotopic (exact) mass is 442 g/mol. The lowest BCUT2D eigenvalue weighted by Crippen LogP contribution is -2.29. The van der Waals surface area contributed by atoms with Crippen molar-refractivity contribution in [2.24, 2.45) is 0 Å². The first-order chi connectivity index (χ1) is 15.2. The van der Waals surface area contributed by atoms with Gasteiger partial charge in [0.25, 0.3) is 11.5 Å². The number of benzene rings is 2. The SMILES string of the molecule is O=C(NCc1cccc(C(F)(F)F)c1)c1c(O)c2cnn(Cc3ccccc3)c2[nH]c1=O. The zero-order chi connectivity index (χ0) is 22.9. The van der Waals surface area contributed by atoms with Crippen molar-refractivity contribution in [3.8, 4) is 5.75 Å². The molecule has 0 fully saturated rings. The number of carbonyl (C=O) groups excluding carboxylic acids is 1. The maximum atomic E-state index is 12.9. The van der Waals surface area contributed by atoms with Crippen LogP contribution in [0.5, 0.6) is 5.75 Å². The van der Waals surface area contributed by atoms with E-state index in [-0.39, 0.29) is 23.1 Å². The fourth-order valence-corrected chi connectivity index (χ4v) is 3.32. The van der Waals surface area contributed by atoms with Gasteiger partial charge in [-0.3, -0.25) is 9.59 Å². The van der Waals surface area contributed by atoms with Crippen molar-refractivity contribution in [1.82, 2.24) is 20.1 Å². The van der Waals surface area contributed by atoms with Gasteiger partial charge in [0.1, 0.15) is 17.0 Å². The van der Waals surface area contributed by atoms with Crippen LogP contribution in [0.2, 0.25) is 0 Å². The first kappa shape index (κ1) is 21.2. The quantitative estimate of drug-likeness (QED) is 0.441. The first-order valence-corrected chi connectivity index (χ1v) is 9.53. The largest absolute Gasteiger partial charge is 0.506 e. The Kier molecular flexibility index (Phi) is 5.43. The van der Waals surface area contributed by atoms with Gasteiger partial charge in [0.15, 0.2) is 0 Å². The predicted octanol–water partition coefficient (Wildman–Crippen LogP) is 3.43. The molecule has 0 spiro atoms. The summed E-state index contributed by atoms with van der Waals surface area (Å²) in [6.07, 6.45) is -3.19. The lowest BCUT2D eigenvalue weighted by atomic mass is 10.1. The van der Waals surface area contributed by atoms with Crippen molar-refractivity contribution >= 4 is 16.9 Å². The molecule has 7 nitrogen and oxygen atoms in total. The van der Waals surface area contributed by atoms with E-state index in [0.717, 1.165) is 17.7 Å². The molecule has 2 heterocycles. The smallest absolute Gasteiger partial charge is 0.416 e. The third kappa shape index (κ3) is 4.20. The average Bonchev–Trinajstić information content (AvgIpc) is 3.15. The van der Waals surface area contributed by atoms with Gasteiger partial charge >= 0.3 is 6.18 Å². The highest BCUT2D eigenvalue weighted by Gasteiger charge is 2.30. The Morgan fingerprint density at radius 3 is 2.53 bits per heavy atom. The zero-order valence-electron chi connectivity index (χ0n) is 16.5. The van der Waals surface area contributed by atoms with E-state index in [1.165, 1.54) is 23.0 Å². The highest BCUT2D eigenvalue weighted by molar-refractivity contribution is 6.01. The summed E-state index contributed by atoms with van der Waals surface area (Å²) >= 11 is 0. The number of aromatic hydroxyl groups is 1. The fraction of sp³-hybridized carbons (Fsp3) is 0.136. The number of rotatable bonds is 5. The van der Waals surface area contributed by atoms with Gasteiger partial charge in [-0.25, -0.2) is 4.68 Å². The summed E-state index contributed by atoms with van der Waals surface area (Å²) in [6.45, 7) is 0.0771. The van der Waals surface area contributed by atoms with Crippen LogP contribution in [-0.2, 0) is 19.3 Å². The molecule has 2 aromatic carbocycles. The maximum absolute atomic E-state index is 12.9. The van der Waals surface area contributed by atoms with Crippen LogP contribution in [0, 0.1) is 0 Å². The highest BCUT2D eigenvalue weighted by Crippen LogP contribution is 2.29. The van der Waals surface area contributed by atoms with E-state index in [1.54, 1.807) is 0 Å². The van der Waals surface area contributed by atoms with E-state index in [9.17, 15) is 27.9 Å². The number of halogens is 3. The number of carbonyl (C=O) groups is 1. The summed E-state index contributed by atoms with van der Waals surface area (Å²) in [7, 11) is 0. The number of aromatic nitrogens is 3. The third-order valence-electron chi connectivity index (χ3n) is 4.90. The van der Waals surface area contributed by atoms with Crippen LogP contribution >= 0.6 is 0 Å². The van der Waals surface area contributed by atoms with Gasteiger partial charge in [-0.2, -0.15) is 18.3 Å². The van der Waals surface area contributed by atoms with Crippen LogP contribution in [0.4, 0.5) is 13.2 Å². The second-order valence-electron chi connectivity index (χ2n) is 7.11. The second kappa shape index (κ2) is 8.22. The number of aromatic amines is 1. The summed E-state index contributed by atoms with van der Waals surface area (Å²) in [5.41, 5.74) is -0.875. The molecule has 0 aliphatic heterocycles. The molecular weight excluding hydrogens is 425 g/mol. The fourth-order valence-electron chi connectivity index (χ4n) is 3.32. The van der Waals surface area contributed by atoms with Gasteiger partial charge in [-0.05, 0) is 23.3 Å². The Morgan fingerprint density at radius 1 is 1.09 bits per heavy atom. The second-order valence-corrected chi connectivity index (χ2v) is 7.11. The molecule has 0 unspecified atom stereocenters.